The third-order valence-corrected chi connectivity index (χ3v) is 12.1. The van der Waals surface area contributed by atoms with Crippen molar-refractivity contribution >= 4 is 15.1 Å². The summed E-state index contributed by atoms with van der Waals surface area (Å²) in [7, 11) is 0. The van der Waals surface area contributed by atoms with E-state index in [1.807, 2.05) is 0 Å². The molecule has 0 heterocycles. The Morgan fingerprint density at radius 3 is 1.33 bits per heavy atom. The average Bonchev–Trinajstić information content (AvgIpc) is 1.86. The first kappa shape index (κ1) is 13.5. The number of hydrogen-bond acceptors (Lipinski definition) is 0. The summed E-state index contributed by atoms with van der Waals surface area (Å²) >= 11 is 9.61. The Morgan fingerprint density at radius 2 is 1.17 bits per heavy atom. The van der Waals surface area contributed by atoms with Gasteiger partial charge in [0, 0.05) is 0 Å². The van der Waals surface area contributed by atoms with Crippen molar-refractivity contribution in [3.8, 4) is 0 Å². The molecule has 0 aliphatic carbocycles. The molecule has 0 nitrogen and oxygen atoms in total. The first-order valence-corrected chi connectivity index (χ1v) is 11.3. The minimum atomic E-state index is -1.80. The van der Waals surface area contributed by atoms with E-state index in [2.05, 4.69) is 41.3 Å². The van der Waals surface area contributed by atoms with Crippen LogP contribution in [0.25, 0.3) is 0 Å². The average molecular weight is 393 g/mol. The zero-order valence-corrected chi connectivity index (χ0v) is 12.2. The second-order valence-corrected chi connectivity index (χ2v) is 19.5. The number of halogens is 1. The maximum absolute atomic E-state index is 6.80. The van der Waals surface area contributed by atoms with Crippen LogP contribution in [0.3, 0.4) is 0 Å². The van der Waals surface area contributed by atoms with Gasteiger partial charge in [0.05, 0.1) is 0 Å². The summed E-state index contributed by atoms with van der Waals surface area (Å²) < 4.78 is -1.80. The Labute approximate surface area is 93.9 Å². The molecule has 0 bridgehead atoms. The van der Waals surface area contributed by atoms with Gasteiger partial charge in [0.1, 0.15) is 0 Å². The standard InChI is InChI=1S/C9H21ClP.Au/c1-4-7-11(10,8-5-2)9-6-3;/h4-9H2,1-3H3;/q+1;-1. The van der Waals surface area contributed by atoms with E-state index in [0.29, 0.717) is 0 Å². The normalized spacial score (nSPS) is 15.7. The molecule has 0 aromatic carbocycles. The second-order valence-electron chi connectivity index (χ2n) is 3.54. The van der Waals surface area contributed by atoms with Crippen LogP contribution in [0.5, 0.6) is 0 Å². The fourth-order valence-corrected chi connectivity index (χ4v) is 11.1. The zero-order valence-electron chi connectivity index (χ0n) is 8.37. The molecule has 0 aromatic rings. The van der Waals surface area contributed by atoms with Crippen LogP contribution >= 0.6 is 15.1 Å². The van der Waals surface area contributed by atoms with E-state index in [-0.39, 0.29) is 0 Å². The SMILES string of the molecule is CCC[P](Cl)([Au])(CCC)CCC. The van der Waals surface area contributed by atoms with Crippen molar-refractivity contribution in [1.82, 2.24) is 0 Å². The molecule has 0 aromatic heterocycles. The van der Waals surface area contributed by atoms with Crippen LogP contribution in [0.15, 0.2) is 0 Å². The van der Waals surface area contributed by atoms with Gasteiger partial charge in [-0.15, -0.1) is 0 Å². The molecule has 0 aliphatic heterocycles. The topological polar surface area (TPSA) is 0 Å². The van der Waals surface area contributed by atoms with Crippen molar-refractivity contribution in [2.45, 2.75) is 40.0 Å². The molecule has 80 valence electrons. The van der Waals surface area contributed by atoms with E-state index in [4.69, 9.17) is 11.2 Å². The summed E-state index contributed by atoms with van der Waals surface area (Å²) in [5.41, 5.74) is 0. The molecule has 0 saturated heterocycles. The molecule has 3 heteroatoms. The van der Waals surface area contributed by atoms with Crippen LogP contribution in [0.1, 0.15) is 40.0 Å². The van der Waals surface area contributed by atoms with Crippen molar-refractivity contribution in [2.24, 2.45) is 0 Å². The van der Waals surface area contributed by atoms with Crippen molar-refractivity contribution in [2.75, 3.05) is 18.5 Å². The molecular weight excluding hydrogens is 371 g/mol. The molecule has 0 spiro atoms. The summed E-state index contributed by atoms with van der Waals surface area (Å²) in [5.74, 6) is 0. The monoisotopic (exact) mass is 392 g/mol. The molecule has 0 radical (unpaired) electrons. The molecule has 0 aliphatic rings. The molecule has 0 atom stereocenters. The summed E-state index contributed by atoms with van der Waals surface area (Å²) in [5, 5.41) is 0. The number of hydrogen-bond donors (Lipinski definition) is 0. The Bertz CT molecular complexity index is 113. The summed E-state index contributed by atoms with van der Waals surface area (Å²) in [6.07, 6.45) is 7.45. The molecule has 0 amide bonds. The molecular formula is C9H21AuClP. The van der Waals surface area contributed by atoms with Gasteiger partial charge >= 0.3 is 94.1 Å². The van der Waals surface area contributed by atoms with Crippen LogP contribution in [0, 0.1) is 0 Å². The molecule has 0 N–H and O–H groups in total. The van der Waals surface area contributed by atoms with Crippen LogP contribution in [0.4, 0.5) is 0 Å². The molecule has 0 saturated carbocycles. The fourth-order valence-electron chi connectivity index (χ4n) is 1.74. The van der Waals surface area contributed by atoms with E-state index in [1.54, 1.807) is 0 Å². The van der Waals surface area contributed by atoms with Crippen molar-refractivity contribution in [3.63, 3.8) is 0 Å². The van der Waals surface area contributed by atoms with Crippen LogP contribution in [0.2, 0.25) is 0 Å². The van der Waals surface area contributed by atoms with Gasteiger partial charge in [0.2, 0.25) is 0 Å². The maximum atomic E-state index is 6.80. The molecule has 0 fully saturated rings. The van der Waals surface area contributed by atoms with Gasteiger partial charge in [-0.2, -0.15) is 0 Å². The van der Waals surface area contributed by atoms with Crippen molar-refractivity contribution in [3.05, 3.63) is 0 Å². The van der Waals surface area contributed by atoms with Crippen LogP contribution in [-0.4, -0.2) is 18.5 Å². The molecule has 0 rings (SSSR count). The van der Waals surface area contributed by atoms with E-state index < -0.39 is 3.85 Å². The Balaban J connectivity index is 4.31. The second kappa shape index (κ2) is 5.37. The summed E-state index contributed by atoms with van der Waals surface area (Å²) in [6, 6.07) is 0. The van der Waals surface area contributed by atoms with Gasteiger partial charge in [-0.25, -0.2) is 0 Å². The Morgan fingerprint density at radius 1 is 0.917 bits per heavy atom. The van der Waals surface area contributed by atoms with Gasteiger partial charge in [-0.3, -0.25) is 0 Å². The third-order valence-electron chi connectivity index (χ3n) is 2.08. The third kappa shape index (κ3) is 4.63. The number of rotatable bonds is 6. The first-order valence-electron chi connectivity index (χ1n) is 4.87. The van der Waals surface area contributed by atoms with Gasteiger partial charge in [-0.05, 0) is 0 Å². The van der Waals surface area contributed by atoms with Gasteiger partial charge in [-0.1, -0.05) is 0 Å². The van der Waals surface area contributed by atoms with E-state index in [0.717, 1.165) is 0 Å². The first-order chi connectivity index (χ1) is 5.46. The van der Waals surface area contributed by atoms with E-state index in [9.17, 15) is 0 Å². The fraction of sp³-hybridized carbons (Fsp3) is 1.00. The predicted octanol–water partition coefficient (Wildman–Crippen LogP) is 4.39. The Hall–Kier alpha value is 1.46. The van der Waals surface area contributed by atoms with Gasteiger partial charge in [0.15, 0.2) is 0 Å². The Kier molecular flexibility index (Phi) is 6.02. The van der Waals surface area contributed by atoms with Crippen LogP contribution in [-0.2, 0) is 20.5 Å². The van der Waals surface area contributed by atoms with Crippen molar-refractivity contribution < 1.29 is 20.5 Å². The van der Waals surface area contributed by atoms with E-state index >= 15 is 0 Å². The predicted molar refractivity (Wildman–Crippen MR) is 58.2 cm³/mol. The zero-order chi connectivity index (χ0) is 9.69. The molecule has 0 unspecified atom stereocenters. The summed E-state index contributed by atoms with van der Waals surface area (Å²) in [4.78, 5) is 0. The van der Waals surface area contributed by atoms with Gasteiger partial charge < -0.3 is 0 Å². The molecule has 12 heavy (non-hydrogen) atoms. The van der Waals surface area contributed by atoms with Crippen LogP contribution < -0.4 is 0 Å². The van der Waals surface area contributed by atoms with Crippen molar-refractivity contribution in [1.29, 1.82) is 0 Å². The summed E-state index contributed by atoms with van der Waals surface area (Å²) in [6.45, 7) is 6.72. The van der Waals surface area contributed by atoms with Gasteiger partial charge in [0.25, 0.3) is 0 Å². The quantitative estimate of drug-likeness (QED) is 0.465. The van der Waals surface area contributed by atoms with E-state index in [1.165, 1.54) is 37.7 Å². The minimum absolute atomic E-state index is 1.23.